The first kappa shape index (κ1) is 39.7. The van der Waals surface area contributed by atoms with Crippen LogP contribution in [0, 0.1) is 13.8 Å². The molecule has 0 spiro atoms. The molecule has 5 rings (SSSR count). The summed E-state index contributed by atoms with van der Waals surface area (Å²) in [6.07, 6.45) is -0.457. The number of carbonyl (C=O) groups is 4. The Morgan fingerprint density at radius 2 is 1.56 bits per heavy atom. The van der Waals surface area contributed by atoms with Gasteiger partial charge in [0.05, 0.1) is 65.4 Å². The molecule has 2 amide bonds. The Balaban J connectivity index is 1.69. The number of rotatable bonds is 13. The minimum Gasteiger partial charge on any atom is -0.496 e. The van der Waals surface area contributed by atoms with Crippen LogP contribution in [0.1, 0.15) is 75.3 Å². The third-order valence-corrected chi connectivity index (χ3v) is 9.50. The van der Waals surface area contributed by atoms with E-state index in [1.165, 1.54) is 40.4 Å². The van der Waals surface area contributed by atoms with Gasteiger partial charge in [0.25, 0.3) is 0 Å². The Bertz CT molecular complexity index is 1920. The standard InChI is InChI=1S/C40H48N2O12/c1-22-32(47-7)25(26(18-43)36(50-10)34(22)49-9)16-27(41(6)39(46)54-40(3,4)5)38(45)42-17-29(44)31-30(28(42)20-51-19-24-14-12-11-13-15-24)37-35(52-21-53-37)23(2)33(31)48-8/h11-15,18,27-28H,16-17,19-21H2,1-10H3/t27-,28+/m1/s1. The second kappa shape index (κ2) is 16.3. The number of hydrogen-bond acceptors (Lipinski definition) is 12. The van der Waals surface area contributed by atoms with E-state index in [0.717, 1.165) is 10.5 Å². The van der Waals surface area contributed by atoms with Crippen molar-refractivity contribution in [2.24, 2.45) is 0 Å². The predicted molar refractivity (Wildman–Crippen MR) is 196 cm³/mol. The highest BCUT2D eigenvalue weighted by Gasteiger charge is 2.46. The summed E-state index contributed by atoms with van der Waals surface area (Å²) in [4.78, 5) is 58.6. The largest absolute Gasteiger partial charge is 0.496 e. The average molecular weight is 749 g/mol. The van der Waals surface area contributed by atoms with Gasteiger partial charge >= 0.3 is 6.09 Å². The number of aldehydes is 1. The second-order valence-electron chi connectivity index (χ2n) is 14.0. The second-order valence-corrected chi connectivity index (χ2v) is 14.0. The van der Waals surface area contributed by atoms with Gasteiger partial charge in [0.15, 0.2) is 35.1 Å². The van der Waals surface area contributed by atoms with Crippen LogP contribution in [0.15, 0.2) is 30.3 Å². The zero-order valence-electron chi connectivity index (χ0n) is 32.4. The van der Waals surface area contributed by atoms with E-state index in [1.54, 1.807) is 34.6 Å². The minimum absolute atomic E-state index is 0.0653. The van der Waals surface area contributed by atoms with E-state index in [4.69, 9.17) is 37.9 Å². The third kappa shape index (κ3) is 7.47. The Morgan fingerprint density at radius 1 is 0.926 bits per heavy atom. The SMILES string of the molecule is COc1c(C)c(OC)c(OC)c(C=O)c1C[C@H](C(=O)N1CC(=O)c2c(OC)c(C)c3c(c2[C@@H]1COCc1ccccc1)OCO3)N(C)C(=O)OC(C)(C)C. The highest BCUT2D eigenvalue weighted by Crippen LogP contribution is 2.52. The van der Waals surface area contributed by atoms with Crippen LogP contribution < -0.4 is 28.4 Å². The van der Waals surface area contributed by atoms with Crippen LogP contribution in [0.2, 0.25) is 0 Å². The minimum atomic E-state index is -1.34. The van der Waals surface area contributed by atoms with Crippen LogP contribution in [-0.2, 0) is 27.3 Å². The first-order valence-corrected chi connectivity index (χ1v) is 17.4. The van der Waals surface area contributed by atoms with E-state index in [9.17, 15) is 14.4 Å². The van der Waals surface area contributed by atoms with Crippen molar-refractivity contribution in [1.82, 2.24) is 9.80 Å². The monoisotopic (exact) mass is 748 g/mol. The summed E-state index contributed by atoms with van der Waals surface area (Å²) >= 11 is 0. The molecule has 0 fully saturated rings. The number of benzene rings is 3. The van der Waals surface area contributed by atoms with Crippen LogP contribution in [-0.4, -0.2) is 101 Å². The van der Waals surface area contributed by atoms with Crippen LogP contribution in [0.3, 0.4) is 0 Å². The van der Waals surface area contributed by atoms with Gasteiger partial charge in [-0.05, 0) is 40.2 Å². The Labute approximate surface area is 315 Å². The molecule has 0 radical (unpaired) electrons. The van der Waals surface area contributed by atoms with E-state index >= 15 is 4.79 Å². The number of hydrogen-bond donors (Lipinski definition) is 0. The van der Waals surface area contributed by atoms with Crippen molar-refractivity contribution in [2.45, 2.75) is 65.3 Å². The van der Waals surface area contributed by atoms with Crippen molar-refractivity contribution >= 4 is 24.1 Å². The molecule has 2 aliphatic rings. The number of amides is 2. The van der Waals surface area contributed by atoms with Crippen molar-refractivity contribution < 1.29 is 57.1 Å². The maximum absolute atomic E-state index is 15.3. The summed E-state index contributed by atoms with van der Waals surface area (Å²) in [6, 6.07) is 7.26. The Hall–Kier alpha value is -5.50. The highest BCUT2D eigenvalue weighted by molar-refractivity contribution is 6.07. The molecular formula is C40H48N2O12. The number of ether oxygens (including phenoxy) is 8. The lowest BCUT2D eigenvalue weighted by molar-refractivity contribution is -0.140. The topological polar surface area (TPSA) is 149 Å². The molecule has 14 nitrogen and oxygen atoms in total. The number of methoxy groups -OCH3 is 4. The fourth-order valence-electron chi connectivity index (χ4n) is 7.07. The van der Waals surface area contributed by atoms with Crippen molar-refractivity contribution in [3.8, 4) is 34.5 Å². The van der Waals surface area contributed by atoms with Crippen molar-refractivity contribution in [3.63, 3.8) is 0 Å². The van der Waals surface area contributed by atoms with Gasteiger partial charge in [0, 0.05) is 35.7 Å². The summed E-state index contributed by atoms with van der Waals surface area (Å²) in [5.41, 5.74) is 2.06. The number of ketones is 1. The molecule has 3 aromatic rings. The highest BCUT2D eigenvalue weighted by atomic mass is 16.7. The van der Waals surface area contributed by atoms with Gasteiger partial charge in [-0.3, -0.25) is 19.3 Å². The molecule has 0 aromatic heterocycles. The molecule has 290 valence electrons. The van der Waals surface area contributed by atoms with Crippen LogP contribution >= 0.6 is 0 Å². The Morgan fingerprint density at radius 3 is 2.15 bits per heavy atom. The molecule has 0 bridgehead atoms. The quantitative estimate of drug-likeness (QED) is 0.199. The molecule has 2 atom stereocenters. The first-order chi connectivity index (χ1) is 25.7. The summed E-state index contributed by atoms with van der Waals surface area (Å²) in [7, 11) is 7.16. The molecule has 54 heavy (non-hydrogen) atoms. The van der Waals surface area contributed by atoms with Crippen LogP contribution in [0.5, 0.6) is 34.5 Å². The summed E-state index contributed by atoms with van der Waals surface area (Å²) in [6.45, 7) is 8.27. The summed E-state index contributed by atoms with van der Waals surface area (Å²) < 4.78 is 46.6. The third-order valence-electron chi connectivity index (χ3n) is 9.50. The van der Waals surface area contributed by atoms with Crippen molar-refractivity contribution in [2.75, 3.05) is 55.4 Å². The van der Waals surface area contributed by atoms with E-state index < -0.39 is 35.5 Å². The lowest BCUT2D eigenvalue weighted by atomic mass is 9.87. The van der Waals surface area contributed by atoms with E-state index in [2.05, 4.69) is 0 Å². The van der Waals surface area contributed by atoms with Crippen LogP contribution in [0.4, 0.5) is 4.79 Å². The van der Waals surface area contributed by atoms with Gasteiger partial charge in [-0.15, -0.1) is 0 Å². The van der Waals surface area contributed by atoms with Gasteiger partial charge in [-0.2, -0.15) is 0 Å². The van der Waals surface area contributed by atoms with Crippen LogP contribution in [0.25, 0.3) is 0 Å². The Kier molecular flexibility index (Phi) is 11.9. The summed E-state index contributed by atoms with van der Waals surface area (Å²) in [5, 5.41) is 0. The van der Waals surface area contributed by atoms with Gasteiger partial charge in [-0.1, -0.05) is 30.3 Å². The number of likely N-dealkylation sites (N-methyl/N-ethyl adjacent to an activating group) is 1. The zero-order chi connectivity index (χ0) is 39.5. The average Bonchev–Trinajstić information content (AvgIpc) is 3.64. The fourth-order valence-corrected chi connectivity index (χ4v) is 7.07. The molecule has 0 saturated carbocycles. The molecule has 0 N–H and O–H groups in total. The van der Waals surface area contributed by atoms with Gasteiger partial charge in [0.1, 0.15) is 23.1 Å². The van der Waals surface area contributed by atoms with Crippen molar-refractivity contribution in [1.29, 1.82) is 0 Å². The number of fused-ring (bicyclic) bond motifs is 3. The number of Topliss-reactive ketones (excluding diaryl/α,β-unsaturated/α-hetero) is 1. The molecular weight excluding hydrogens is 700 g/mol. The maximum Gasteiger partial charge on any atom is 0.410 e. The molecule has 0 unspecified atom stereocenters. The molecule has 3 aromatic carbocycles. The number of carbonyl (C=O) groups excluding carboxylic acids is 4. The maximum atomic E-state index is 15.3. The normalized spacial score (nSPS) is 15.3. The van der Waals surface area contributed by atoms with E-state index in [1.807, 2.05) is 30.3 Å². The lowest BCUT2D eigenvalue weighted by Gasteiger charge is -2.41. The van der Waals surface area contributed by atoms with Gasteiger partial charge in [0.2, 0.25) is 12.7 Å². The molecule has 2 heterocycles. The smallest absolute Gasteiger partial charge is 0.410 e. The van der Waals surface area contributed by atoms with E-state index in [0.29, 0.717) is 40.2 Å². The summed E-state index contributed by atoms with van der Waals surface area (Å²) in [5.74, 6) is 0.634. The fraction of sp³-hybridized carbons (Fsp3) is 0.450. The van der Waals surface area contributed by atoms with Gasteiger partial charge in [-0.25, -0.2) is 4.79 Å². The van der Waals surface area contributed by atoms with Gasteiger partial charge < -0.3 is 42.8 Å². The first-order valence-electron chi connectivity index (χ1n) is 17.4. The van der Waals surface area contributed by atoms with Crippen molar-refractivity contribution in [3.05, 3.63) is 69.3 Å². The zero-order valence-corrected chi connectivity index (χ0v) is 32.4. The molecule has 14 heteroatoms. The number of nitrogens with zero attached hydrogens (tertiary/aromatic N) is 2. The predicted octanol–water partition coefficient (Wildman–Crippen LogP) is 5.64. The van der Waals surface area contributed by atoms with E-state index in [-0.39, 0.29) is 66.9 Å². The lowest BCUT2D eigenvalue weighted by Crippen LogP contribution is -2.55. The molecule has 0 saturated heterocycles. The molecule has 2 aliphatic heterocycles. The molecule has 0 aliphatic carbocycles.